The Morgan fingerprint density at radius 2 is 1.70 bits per heavy atom. The van der Waals surface area contributed by atoms with Gasteiger partial charge in [-0.25, -0.2) is 0 Å². The Hall–Kier alpha value is -1.91. The lowest BCUT2D eigenvalue weighted by Crippen LogP contribution is -2.47. The minimum Gasteiger partial charge on any atom is -0.465 e. The fourth-order valence-corrected chi connectivity index (χ4v) is 3.17. The van der Waals surface area contributed by atoms with Gasteiger partial charge >= 0.3 is 5.97 Å². The molecule has 1 saturated heterocycles. The Labute approximate surface area is 137 Å². The summed E-state index contributed by atoms with van der Waals surface area (Å²) >= 11 is 0. The van der Waals surface area contributed by atoms with Crippen LogP contribution in [0, 0.1) is 0 Å². The minimum absolute atomic E-state index is 0.116. The molecule has 23 heavy (non-hydrogen) atoms. The van der Waals surface area contributed by atoms with Gasteiger partial charge < -0.3 is 4.74 Å². The van der Waals surface area contributed by atoms with Crippen LogP contribution in [0.15, 0.2) is 42.5 Å². The van der Waals surface area contributed by atoms with Crippen molar-refractivity contribution in [2.75, 3.05) is 39.3 Å². The lowest BCUT2D eigenvalue weighted by Gasteiger charge is -2.34. The summed E-state index contributed by atoms with van der Waals surface area (Å²) in [7, 11) is 0. The molecule has 0 bridgehead atoms. The first-order valence-corrected chi connectivity index (χ1v) is 8.33. The molecule has 1 aliphatic heterocycles. The van der Waals surface area contributed by atoms with Crippen LogP contribution in [-0.2, 0) is 16.1 Å². The third-order valence-electron chi connectivity index (χ3n) is 4.40. The molecule has 0 N–H and O–H groups in total. The molecule has 0 spiro atoms. The molecule has 1 heterocycles. The zero-order chi connectivity index (χ0) is 16.1. The number of hydrogen-bond acceptors (Lipinski definition) is 4. The second-order valence-electron chi connectivity index (χ2n) is 6.00. The lowest BCUT2D eigenvalue weighted by molar-refractivity contribution is -0.144. The highest BCUT2D eigenvalue weighted by Crippen LogP contribution is 2.20. The zero-order valence-electron chi connectivity index (χ0n) is 13.7. The molecule has 0 aliphatic carbocycles. The number of piperazine rings is 1. The van der Waals surface area contributed by atoms with Crippen molar-refractivity contribution in [3.8, 4) is 0 Å². The number of ether oxygens (including phenoxy) is 1. The molecule has 2 aromatic rings. The SMILES string of the molecule is CCOC(=O)CN1CCN(Cc2cccc3ccccc23)CC1. The van der Waals surface area contributed by atoms with Crippen LogP contribution in [0.4, 0.5) is 0 Å². The monoisotopic (exact) mass is 312 g/mol. The number of fused-ring (bicyclic) bond motifs is 1. The van der Waals surface area contributed by atoms with E-state index >= 15 is 0 Å². The Balaban J connectivity index is 1.57. The number of hydrogen-bond donors (Lipinski definition) is 0. The standard InChI is InChI=1S/C19H24N2O2/c1-2-23-19(22)15-21-12-10-20(11-13-21)14-17-8-5-7-16-6-3-4-9-18(16)17/h3-9H,2,10-15H2,1H3. The predicted molar refractivity (Wildman–Crippen MR) is 92.3 cm³/mol. The highest BCUT2D eigenvalue weighted by Gasteiger charge is 2.19. The van der Waals surface area contributed by atoms with Gasteiger partial charge in [0.25, 0.3) is 0 Å². The molecule has 0 amide bonds. The summed E-state index contributed by atoms with van der Waals surface area (Å²) in [6.07, 6.45) is 0. The van der Waals surface area contributed by atoms with Crippen molar-refractivity contribution in [3.63, 3.8) is 0 Å². The van der Waals surface area contributed by atoms with Gasteiger partial charge in [0.15, 0.2) is 0 Å². The lowest BCUT2D eigenvalue weighted by atomic mass is 10.0. The third kappa shape index (κ3) is 4.09. The van der Waals surface area contributed by atoms with E-state index in [1.807, 2.05) is 6.92 Å². The van der Waals surface area contributed by atoms with E-state index in [1.54, 1.807) is 0 Å². The summed E-state index contributed by atoms with van der Waals surface area (Å²) in [5.41, 5.74) is 1.38. The summed E-state index contributed by atoms with van der Waals surface area (Å²) in [5, 5.41) is 2.63. The fourth-order valence-electron chi connectivity index (χ4n) is 3.17. The summed E-state index contributed by atoms with van der Waals surface area (Å²) in [6, 6.07) is 15.1. The van der Waals surface area contributed by atoms with Crippen LogP contribution in [0.25, 0.3) is 10.8 Å². The smallest absolute Gasteiger partial charge is 0.320 e. The molecule has 1 aliphatic rings. The van der Waals surface area contributed by atoms with E-state index in [9.17, 15) is 4.79 Å². The van der Waals surface area contributed by atoms with Crippen molar-refractivity contribution in [3.05, 3.63) is 48.0 Å². The average Bonchev–Trinajstić information content (AvgIpc) is 2.57. The zero-order valence-corrected chi connectivity index (χ0v) is 13.7. The fraction of sp³-hybridized carbons (Fsp3) is 0.421. The number of esters is 1. The van der Waals surface area contributed by atoms with Gasteiger partial charge in [0.2, 0.25) is 0 Å². The van der Waals surface area contributed by atoms with Crippen molar-refractivity contribution >= 4 is 16.7 Å². The molecule has 0 aromatic heterocycles. The van der Waals surface area contributed by atoms with E-state index in [2.05, 4.69) is 52.3 Å². The number of carbonyl (C=O) groups is 1. The van der Waals surface area contributed by atoms with E-state index in [1.165, 1.54) is 16.3 Å². The van der Waals surface area contributed by atoms with Gasteiger partial charge in [0, 0.05) is 32.7 Å². The number of benzene rings is 2. The molecule has 0 atom stereocenters. The molecular formula is C19H24N2O2. The van der Waals surface area contributed by atoms with Gasteiger partial charge in [-0.1, -0.05) is 42.5 Å². The molecule has 4 heteroatoms. The van der Waals surface area contributed by atoms with Gasteiger partial charge in [-0.15, -0.1) is 0 Å². The largest absolute Gasteiger partial charge is 0.465 e. The summed E-state index contributed by atoms with van der Waals surface area (Å²) < 4.78 is 5.02. The van der Waals surface area contributed by atoms with Crippen LogP contribution in [-0.4, -0.2) is 55.1 Å². The molecule has 2 aromatic carbocycles. The highest BCUT2D eigenvalue weighted by molar-refractivity contribution is 5.85. The van der Waals surface area contributed by atoms with E-state index in [4.69, 9.17) is 4.74 Å². The molecule has 4 nitrogen and oxygen atoms in total. The number of rotatable bonds is 5. The van der Waals surface area contributed by atoms with Crippen LogP contribution < -0.4 is 0 Å². The second kappa shape index (κ2) is 7.57. The Morgan fingerprint density at radius 1 is 1.00 bits per heavy atom. The third-order valence-corrected chi connectivity index (χ3v) is 4.40. The molecule has 0 saturated carbocycles. The van der Waals surface area contributed by atoms with Crippen molar-refractivity contribution in [1.29, 1.82) is 0 Å². The second-order valence-corrected chi connectivity index (χ2v) is 6.00. The van der Waals surface area contributed by atoms with Gasteiger partial charge in [-0.2, -0.15) is 0 Å². The van der Waals surface area contributed by atoms with E-state index in [0.29, 0.717) is 13.2 Å². The molecule has 3 rings (SSSR count). The van der Waals surface area contributed by atoms with E-state index in [0.717, 1.165) is 32.7 Å². The van der Waals surface area contributed by atoms with E-state index < -0.39 is 0 Å². The molecule has 1 fully saturated rings. The van der Waals surface area contributed by atoms with Crippen LogP contribution in [0.1, 0.15) is 12.5 Å². The van der Waals surface area contributed by atoms with E-state index in [-0.39, 0.29) is 5.97 Å². The van der Waals surface area contributed by atoms with Gasteiger partial charge in [0.05, 0.1) is 13.2 Å². The average molecular weight is 312 g/mol. The molecule has 0 unspecified atom stereocenters. The first kappa shape index (κ1) is 16.0. The number of nitrogens with zero attached hydrogens (tertiary/aromatic N) is 2. The maximum atomic E-state index is 11.6. The first-order valence-electron chi connectivity index (χ1n) is 8.33. The van der Waals surface area contributed by atoms with Crippen molar-refractivity contribution in [2.45, 2.75) is 13.5 Å². The van der Waals surface area contributed by atoms with Crippen molar-refractivity contribution in [2.24, 2.45) is 0 Å². The van der Waals surface area contributed by atoms with Crippen LogP contribution in [0.2, 0.25) is 0 Å². The molecule has 0 radical (unpaired) electrons. The van der Waals surface area contributed by atoms with Crippen LogP contribution >= 0.6 is 0 Å². The Kier molecular flexibility index (Phi) is 5.26. The van der Waals surface area contributed by atoms with Crippen molar-refractivity contribution < 1.29 is 9.53 Å². The Bertz CT molecular complexity index is 658. The quantitative estimate of drug-likeness (QED) is 0.794. The van der Waals surface area contributed by atoms with Gasteiger partial charge in [-0.3, -0.25) is 14.6 Å². The van der Waals surface area contributed by atoms with Gasteiger partial charge in [0.1, 0.15) is 0 Å². The summed E-state index contributed by atoms with van der Waals surface area (Å²) in [6.45, 7) is 7.50. The predicted octanol–water partition coefficient (Wildman–Crippen LogP) is 2.52. The normalized spacial score (nSPS) is 16.6. The summed E-state index contributed by atoms with van der Waals surface area (Å²) in [5.74, 6) is -0.116. The maximum absolute atomic E-state index is 11.6. The topological polar surface area (TPSA) is 32.8 Å². The summed E-state index contributed by atoms with van der Waals surface area (Å²) in [4.78, 5) is 16.2. The highest BCUT2D eigenvalue weighted by atomic mass is 16.5. The van der Waals surface area contributed by atoms with Crippen LogP contribution in [0.3, 0.4) is 0 Å². The van der Waals surface area contributed by atoms with Crippen LogP contribution in [0.5, 0.6) is 0 Å². The van der Waals surface area contributed by atoms with Gasteiger partial charge in [-0.05, 0) is 23.3 Å². The number of carbonyl (C=O) groups excluding carboxylic acids is 1. The Morgan fingerprint density at radius 3 is 2.48 bits per heavy atom. The minimum atomic E-state index is -0.116. The maximum Gasteiger partial charge on any atom is 0.320 e. The van der Waals surface area contributed by atoms with Crippen molar-refractivity contribution in [1.82, 2.24) is 9.80 Å². The molecule has 122 valence electrons. The first-order chi connectivity index (χ1) is 11.3. The molecular weight excluding hydrogens is 288 g/mol.